The van der Waals surface area contributed by atoms with Crippen LogP contribution in [0.4, 0.5) is 0 Å². The summed E-state index contributed by atoms with van der Waals surface area (Å²) in [6, 6.07) is 16.8. The predicted molar refractivity (Wildman–Crippen MR) is 118 cm³/mol. The molecule has 0 fully saturated rings. The van der Waals surface area contributed by atoms with E-state index in [0.717, 1.165) is 45.2 Å². The molecule has 0 saturated carbocycles. The molecule has 4 aromatic rings. The van der Waals surface area contributed by atoms with Crippen molar-refractivity contribution >= 4 is 0 Å². The molecule has 0 atom stereocenters. The van der Waals surface area contributed by atoms with E-state index in [0.29, 0.717) is 0 Å². The van der Waals surface area contributed by atoms with Crippen LogP contribution in [0.5, 0.6) is 5.75 Å². The number of aromatic nitrogens is 3. The van der Waals surface area contributed by atoms with Gasteiger partial charge >= 0.3 is 0 Å². The number of hydrogen-bond donors (Lipinski definition) is 0. The minimum Gasteiger partial charge on any atom is -0.496 e. The topological polar surface area (TPSA) is 39.9 Å². The Bertz CT molecular complexity index is 1170. The molecule has 2 heterocycles. The summed E-state index contributed by atoms with van der Waals surface area (Å²) >= 11 is 0. The largest absolute Gasteiger partial charge is 0.496 e. The minimum atomic E-state index is 0.840. The van der Waals surface area contributed by atoms with Gasteiger partial charge in [0, 0.05) is 22.4 Å². The second-order valence-corrected chi connectivity index (χ2v) is 7.47. The first-order chi connectivity index (χ1) is 14.0. The minimum absolute atomic E-state index is 0.840. The number of para-hydroxylation sites is 1. The Balaban J connectivity index is 2.00. The zero-order valence-electron chi connectivity index (χ0n) is 17.5. The third-order valence-corrected chi connectivity index (χ3v) is 5.09. The molecule has 0 aliphatic heterocycles. The number of pyridine rings is 1. The van der Waals surface area contributed by atoms with Crippen LogP contribution in [0.15, 0.2) is 61.1 Å². The Kier molecular flexibility index (Phi) is 4.93. The lowest BCUT2D eigenvalue weighted by Gasteiger charge is -2.18. The molecule has 4 rings (SSSR count). The van der Waals surface area contributed by atoms with Gasteiger partial charge in [-0.25, -0.2) is 4.98 Å². The monoisotopic (exact) mass is 383 g/mol. The molecule has 2 aromatic heterocycles. The third kappa shape index (κ3) is 3.54. The summed E-state index contributed by atoms with van der Waals surface area (Å²) in [7, 11) is 1.71. The highest BCUT2D eigenvalue weighted by Gasteiger charge is 2.18. The fourth-order valence-electron chi connectivity index (χ4n) is 4.01. The van der Waals surface area contributed by atoms with E-state index < -0.39 is 0 Å². The van der Waals surface area contributed by atoms with Crippen LogP contribution < -0.4 is 4.74 Å². The molecule has 0 radical (unpaired) electrons. The SMILES string of the molecule is COc1ccccc1-c1cc(C)nc(C)c1-n1cncc1-c1cc(C)cc(C)c1. The van der Waals surface area contributed by atoms with E-state index in [1.807, 2.05) is 44.6 Å². The van der Waals surface area contributed by atoms with Gasteiger partial charge in [-0.05, 0) is 52.0 Å². The van der Waals surface area contributed by atoms with Crippen LogP contribution in [0, 0.1) is 27.7 Å². The number of benzene rings is 2. The molecular formula is C25H25N3O. The molecule has 0 unspecified atom stereocenters. The highest BCUT2D eigenvalue weighted by Crippen LogP contribution is 2.37. The molecule has 0 saturated heterocycles. The highest BCUT2D eigenvalue weighted by molar-refractivity contribution is 5.80. The summed E-state index contributed by atoms with van der Waals surface area (Å²) in [4.78, 5) is 9.23. The molecule has 146 valence electrons. The zero-order chi connectivity index (χ0) is 20.5. The van der Waals surface area contributed by atoms with E-state index in [4.69, 9.17) is 9.72 Å². The van der Waals surface area contributed by atoms with Gasteiger partial charge in [-0.3, -0.25) is 9.55 Å². The van der Waals surface area contributed by atoms with E-state index in [-0.39, 0.29) is 0 Å². The first-order valence-corrected chi connectivity index (χ1v) is 9.71. The molecule has 0 bridgehead atoms. The van der Waals surface area contributed by atoms with Crippen LogP contribution in [-0.2, 0) is 0 Å². The standard InChI is InChI=1S/C25H25N3O/c1-16-10-17(2)12-20(11-16)23-14-26-15-28(23)25-19(4)27-18(3)13-22(25)21-8-6-7-9-24(21)29-5/h6-15H,1-5H3. The van der Waals surface area contributed by atoms with Crippen LogP contribution >= 0.6 is 0 Å². The normalized spacial score (nSPS) is 10.9. The molecule has 4 heteroatoms. The summed E-state index contributed by atoms with van der Waals surface area (Å²) in [5.41, 5.74) is 9.72. The molecule has 4 nitrogen and oxygen atoms in total. The lowest BCUT2D eigenvalue weighted by atomic mass is 10.00. The van der Waals surface area contributed by atoms with Crippen LogP contribution in [0.2, 0.25) is 0 Å². The van der Waals surface area contributed by atoms with Crippen molar-refractivity contribution in [2.24, 2.45) is 0 Å². The number of imidazole rings is 1. The van der Waals surface area contributed by atoms with Crippen LogP contribution in [0.1, 0.15) is 22.5 Å². The van der Waals surface area contributed by atoms with Gasteiger partial charge in [0.1, 0.15) is 5.75 Å². The van der Waals surface area contributed by atoms with Gasteiger partial charge in [-0.15, -0.1) is 0 Å². The molecule has 2 aromatic carbocycles. The highest BCUT2D eigenvalue weighted by atomic mass is 16.5. The summed E-state index contributed by atoms with van der Waals surface area (Å²) in [6.45, 7) is 8.31. The Morgan fingerprint density at radius 3 is 2.31 bits per heavy atom. The molecule has 0 spiro atoms. The van der Waals surface area contributed by atoms with Gasteiger partial charge in [0.15, 0.2) is 0 Å². The first-order valence-electron chi connectivity index (χ1n) is 9.71. The number of ether oxygens (including phenoxy) is 1. The number of methoxy groups -OCH3 is 1. The fraction of sp³-hybridized carbons (Fsp3) is 0.200. The van der Waals surface area contributed by atoms with Crippen LogP contribution in [-0.4, -0.2) is 21.6 Å². The Morgan fingerprint density at radius 2 is 1.59 bits per heavy atom. The Labute approximate surface area is 171 Å². The van der Waals surface area contributed by atoms with Crippen molar-refractivity contribution in [1.29, 1.82) is 0 Å². The van der Waals surface area contributed by atoms with Crippen LogP contribution in [0.25, 0.3) is 28.1 Å². The number of rotatable bonds is 4. The maximum atomic E-state index is 5.65. The van der Waals surface area contributed by atoms with Crippen molar-refractivity contribution in [2.45, 2.75) is 27.7 Å². The second-order valence-electron chi connectivity index (χ2n) is 7.47. The second kappa shape index (κ2) is 7.55. The summed E-state index contributed by atoms with van der Waals surface area (Å²) in [5, 5.41) is 0. The molecule has 0 aliphatic rings. The van der Waals surface area contributed by atoms with Gasteiger partial charge in [-0.1, -0.05) is 35.4 Å². The van der Waals surface area contributed by atoms with Crippen molar-refractivity contribution in [2.75, 3.05) is 7.11 Å². The Morgan fingerprint density at radius 1 is 0.862 bits per heavy atom. The third-order valence-electron chi connectivity index (χ3n) is 5.09. The van der Waals surface area contributed by atoms with Gasteiger partial charge in [0.2, 0.25) is 0 Å². The molecule has 0 amide bonds. The quantitative estimate of drug-likeness (QED) is 0.444. The van der Waals surface area contributed by atoms with Crippen molar-refractivity contribution in [3.8, 4) is 33.8 Å². The van der Waals surface area contributed by atoms with Crippen molar-refractivity contribution in [3.63, 3.8) is 0 Å². The maximum Gasteiger partial charge on any atom is 0.126 e. The van der Waals surface area contributed by atoms with Gasteiger partial charge in [-0.2, -0.15) is 0 Å². The fourth-order valence-corrected chi connectivity index (χ4v) is 4.01. The van der Waals surface area contributed by atoms with Crippen molar-refractivity contribution in [1.82, 2.24) is 14.5 Å². The molecule has 29 heavy (non-hydrogen) atoms. The summed E-state index contributed by atoms with van der Waals surface area (Å²) < 4.78 is 7.79. The van der Waals surface area contributed by atoms with Crippen molar-refractivity contribution < 1.29 is 4.74 Å². The van der Waals surface area contributed by atoms with Gasteiger partial charge in [0.05, 0.1) is 36.7 Å². The number of nitrogens with zero attached hydrogens (tertiary/aromatic N) is 3. The molecule has 0 N–H and O–H groups in total. The first kappa shape index (κ1) is 18.9. The Hall–Kier alpha value is -3.40. The predicted octanol–water partition coefficient (Wildman–Crippen LogP) is 5.84. The van der Waals surface area contributed by atoms with E-state index in [2.05, 4.69) is 53.7 Å². The van der Waals surface area contributed by atoms with E-state index in [9.17, 15) is 0 Å². The van der Waals surface area contributed by atoms with Gasteiger partial charge < -0.3 is 4.74 Å². The average Bonchev–Trinajstić information content (AvgIpc) is 3.16. The van der Waals surface area contributed by atoms with Gasteiger partial charge in [0.25, 0.3) is 0 Å². The lowest BCUT2D eigenvalue weighted by Crippen LogP contribution is -2.05. The summed E-state index contributed by atoms with van der Waals surface area (Å²) in [6.07, 6.45) is 3.78. The maximum absolute atomic E-state index is 5.65. The molecular weight excluding hydrogens is 358 g/mol. The van der Waals surface area contributed by atoms with E-state index in [1.165, 1.54) is 11.1 Å². The zero-order valence-corrected chi connectivity index (χ0v) is 17.5. The van der Waals surface area contributed by atoms with Crippen LogP contribution in [0.3, 0.4) is 0 Å². The van der Waals surface area contributed by atoms with E-state index in [1.54, 1.807) is 7.11 Å². The number of aryl methyl sites for hydroxylation is 4. The lowest BCUT2D eigenvalue weighted by molar-refractivity contribution is 0.416. The average molecular weight is 383 g/mol. The number of hydrogen-bond acceptors (Lipinski definition) is 3. The smallest absolute Gasteiger partial charge is 0.126 e. The molecule has 0 aliphatic carbocycles. The van der Waals surface area contributed by atoms with Crippen molar-refractivity contribution in [3.05, 3.63) is 83.6 Å². The summed E-state index contributed by atoms with van der Waals surface area (Å²) in [5.74, 6) is 0.840. The van der Waals surface area contributed by atoms with E-state index >= 15 is 0 Å².